The van der Waals surface area contributed by atoms with E-state index >= 15 is 0 Å². The summed E-state index contributed by atoms with van der Waals surface area (Å²) in [5.74, 6) is 0.0733. The van der Waals surface area contributed by atoms with Gasteiger partial charge in [0.2, 0.25) is 5.91 Å². The molecule has 1 saturated heterocycles. The number of rotatable bonds is 6. The molecule has 1 saturated carbocycles. The number of amides is 2. The average molecular weight is 470 g/mol. The molecule has 0 aromatic heterocycles. The van der Waals surface area contributed by atoms with Gasteiger partial charge in [0.1, 0.15) is 0 Å². The predicted molar refractivity (Wildman–Crippen MR) is 130 cm³/mol. The second-order valence-electron chi connectivity index (χ2n) is 9.23. The molecule has 0 atom stereocenters. The van der Waals surface area contributed by atoms with Crippen LogP contribution in [0.4, 0.5) is 5.69 Å². The average Bonchev–Trinajstić information content (AvgIpc) is 2.81. The lowest BCUT2D eigenvalue weighted by Gasteiger charge is -2.33. The van der Waals surface area contributed by atoms with E-state index in [9.17, 15) is 14.7 Å². The van der Waals surface area contributed by atoms with Gasteiger partial charge < -0.3 is 15.7 Å². The molecule has 0 unspecified atom stereocenters. The molecule has 0 spiro atoms. The van der Waals surface area contributed by atoms with Crippen molar-refractivity contribution in [1.82, 2.24) is 10.2 Å². The van der Waals surface area contributed by atoms with Crippen LogP contribution in [-0.4, -0.2) is 47.1 Å². The van der Waals surface area contributed by atoms with Gasteiger partial charge in [-0.2, -0.15) is 0 Å². The third kappa shape index (κ3) is 6.79. The highest BCUT2D eigenvalue weighted by Gasteiger charge is 2.28. The SMILES string of the molecule is O=C(Nc1cccc(CN2CCC(C(=O)NC3CCC(O)CC3)CC2)c1)c1ccc(Cl)cc1. The van der Waals surface area contributed by atoms with E-state index in [1.54, 1.807) is 24.3 Å². The molecular weight excluding hydrogens is 438 g/mol. The summed E-state index contributed by atoms with van der Waals surface area (Å²) >= 11 is 5.90. The molecule has 2 aromatic rings. The second-order valence-corrected chi connectivity index (χ2v) is 9.66. The first-order chi connectivity index (χ1) is 16.0. The Bertz CT molecular complexity index is 950. The number of carbonyl (C=O) groups is 2. The van der Waals surface area contributed by atoms with Gasteiger partial charge in [0, 0.05) is 34.8 Å². The minimum atomic E-state index is -0.203. The van der Waals surface area contributed by atoms with Gasteiger partial charge in [0.15, 0.2) is 0 Å². The number of halogens is 1. The Morgan fingerprint density at radius 3 is 2.36 bits per heavy atom. The van der Waals surface area contributed by atoms with E-state index < -0.39 is 0 Å². The Kier molecular flexibility index (Phi) is 8.02. The third-order valence-electron chi connectivity index (χ3n) is 6.70. The largest absolute Gasteiger partial charge is 0.393 e. The lowest BCUT2D eigenvalue weighted by atomic mass is 9.91. The number of aliphatic hydroxyl groups excluding tert-OH is 1. The smallest absolute Gasteiger partial charge is 0.255 e. The van der Waals surface area contributed by atoms with E-state index in [1.807, 2.05) is 18.2 Å². The zero-order chi connectivity index (χ0) is 23.2. The number of hydrogen-bond acceptors (Lipinski definition) is 4. The minimum Gasteiger partial charge on any atom is -0.393 e. The highest BCUT2D eigenvalue weighted by atomic mass is 35.5. The van der Waals surface area contributed by atoms with Gasteiger partial charge >= 0.3 is 0 Å². The Labute approximate surface area is 200 Å². The van der Waals surface area contributed by atoms with Crippen molar-refractivity contribution in [1.29, 1.82) is 0 Å². The van der Waals surface area contributed by atoms with Crippen molar-refractivity contribution in [3.8, 4) is 0 Å². The van der Waals surface area contributed by atoms with Crippen molar-refractivity contribution >= 4 is 29.1 Å². The summed E-state index contributed by atoms with van der Waals surface area (Å²) in [4.78, 5) is 27.5. The number of likely N-dealkylation sites (tertiary alicyclic amines) is 1. The van der Waals surface area contributed by atoms with Gasteiger partial charge in [-0.3, -0.25) is 14.5 Å². The van der Waals surface area contributed by atoms with Crippen LogP contribution in [-0.2, 0) is 11.3 Å². The molecule has 0 radical (unpaired) electrons. The fourth-order valence-electron chi connectivity index (χ4n) is 4.70. The minimum absolute atomic E-state index is 0.0677. The first kappa shape index (κ1) is 23.7. The van der Waals surface area contributed by atoms with E-state index in [0.29, 0.717) is 10.6 Å². The lowest BCUT2D eigenvalue weighted by molar-refractivity contribution is -0.127. The molecule has 3 N–H and O–H groups in total. The molecule has 1 aliphatic heterocycles. The van der Waals surface area contributed by atoms with Gasteiger partial charge in [-0.15, -0.1) is 0 Å². The number of hydrogen-bond donors (Lipinski definition) is 3. The predicted octanol–water partition coefficient (Wildman–Crippen LogP) is 4.22. The Morgan fingerprint density at radius 2 is 1.67 bits per heavy atom. The number of piperidine rings is 1. The molecule has 2 fully saturated rings. The van der Waals surface area contributed by atoms with Crippen LogP contribution in [0, 0.1) is 5.92 Å². The van der Waals surface area contributed by atoms with Gasteiger partial charge in [-0.25, -0.2) is 0 Å². The van der Waals surface area contributed by atoms with Crippen LogP contribution in [0.3, 0.4) is 0 Å². The number of anilines is 1. The van der Waals surface area contributed by atoms with Crippen LogP contribution in [0.25, 0.3) is 0 Å². The van der Waals surface area contributed by atoms with Gasteiger partial charge in [0.25, 0.3) is 5.91 Å². The first-order valence-electron chi connectivity index (χ1n) is 11.8. The number of carbonyl (C=O) groups excluding carboxylic acids is 2. The first-order valence-corrected chi connectivity index (χ1v) is 12.2. The summed E-state index contributed by atoms with van der Waals surface area (Å²) < 4.78 is 0. The van der Waals surface area contributed by atoms with Crippen molar-refractivity contribution in [2.45, 2.75) is 57.2 Å². The van der Waals surface area contributed by atoms with Crippen LogP contribution in [0.5, 0.6) is 0 Å². The van der Waals surface area contributed by atoms with Gasteiger partial charge in [-0.1, -0.05) is 23.7 Å². The van der Waals surface area contributed by atoms with E-state index in [2.05, 4.69) is 21.6 Å². The van der Waals surface area contributed by atoms with Gasteiger partial charge in [0.05, 0.1) is 6.10 Å². The molecule has 7 heteroatoms. The molecular formula is C26H32ClN3O3. The molecule has 176 valence electrons. The van der Waals surface area contributed by atoms with Crippen LogP contribution in [0.15, 0.2) is 48.5 Å². The fraction of sp³-hybridized carbons (Fsp3) is 0.462. The Hall–Kier alpha value is -2.41. The number of nitrogens with one attached hydrogen (secondary N) is 2. The normalized spacial score (nSPS) is 22.0. The summed E-state index contributed by atoms with van der Waals surface area (Å²) in [5, 5.41) is 16.4. The Balaban J connectivity index is 1.24. The summed E-state index contributed by atoms with van der Waals surface area (Å²) in [6.45, 7) is 2.55. The van der Waals surface area contributed by atoms with E-state index in [0.717, 1.165) is 69.4 Å². The van der Waals surface area contributed by atoms with Crippen molar-refractivity contribution < 1.29 is 14.7 Å². The van der Waals surface area contributed by atoms with Crippen molar-refractivity contribution in [3.05, 3.63) is 64.7 Å². The van der Waals surface area contributed by atoms with Crippen LogP contribution in [0.1, 0.15) is 54.4 Å². The third-order valence-corrected chi connectivity index (χ3v) is 6.95. The quantitative estimate of drug-likeness (QED) is 0.591. The fourth-order valence-corrected chi connectivity index (χ4v) is 4.83. The second kappa shape index (κ2) is 11.1. The molecule has 1 heterocycles. The summed E-state index contributed by atoms with van der Waals surface area (Å²) in [6.07, 6.45) is 4.81. The maximum Gasteiger partial charge on any atom is 0.255 e. The summed E-state index contributed by atoms with van der Waals surface area (Å²) in [5.41, 5.74) is 2.46. The molecule has 2 amide bonds. The lowest BCUT2D eigenvalue weighted by Crippen LogP contribution is -2.45. The van der Waals surface area contributed by atoms with E-state index in [1.165, 1.54) is 0 Å². The topological polar surface area (TPSA) is 81.7 Å². The van der Waals surface area contributed by atoms with E-state index in [4.69, 9.17) is 11.6 Å². The molecule has 2 aliphatic rings. The molecule has 4 rings (SSSR count). The van der Waals surface area contributed by atoms with E-state index in [-0.39, 0.29) is 29.9 Å². The Morgan fingerprint density at radius 1 is 0.970 bits per heavy atom. The molecule has 1 aliphatic carbocycles. The maximum atomic E-state index is 12.7. The zero-order valence-corrected chi connectivity index (χ0v) is 19.6. The van der Waals surface area contributed by atoms with Crippen molar-refractivity contribution in [2.24, 2.45) is 5.92 Å². The monoisotopic (exact) mass is 469 g/mol. The molecule has 2 aromatic carbocycles. The van der Waals surface area contributed by atoms with Crippen LogP contribution in [0.2, 0.25) is 5.02 Å². The zero-order valence-electron chi connectivity index (χ0n) is 18.8. The highest BCUT2D eigenvalue weighted by Crippen LogP contribution is 2.23. The summed E-state index contributed by atoms with van der Waals surface area (Å²) in [7, 11) is 0. The van der Waals surface area contributed by atoms with Crippen molar-refractivity contribution in [3.63, 3.8) is 0 Å². The van der Waals surface area contributed by atoms with Crippen molar-refractivity contribution in [2.75, 3.05) is 18.4 Å². The van der Waals surface area contributed by atoms with Crippen LogP contribution < -0.4 is 10.6 Å². The van der Waals surface area contributed by atoms with Crippen LogP contribution >= 0.6 is 11.6 Å². The highest BCUT2D eigenvalue weighted by molar-refractivity contribution is 6.30. The number of benzene rings is 2. The maximum absolute atomic E-state index is 12.7. The number of nitrogens with zero attached hydrogens (tertiary/aromatic N) is 1. The summed E-state index contributed by atoms with van der Waals surface area (Å²) in [6, 6.07) is 14.9. The standard InChI is InChI=1S/C26H32ClN3O3/c27-21-6-4-19(5-7-21)25(32)29-23-3-1-2-18(16-23)17-30-14-12-20(13-15-30)26(33)28-22-8-10-24(31)11-9-22/h1-7,16,20,22,24,31H,8-15,17H2,(H,28,33)(H,29,32). The molecule has 0 bridgehead atoms. The van der Waals surface area contributed by atoms with Gasteiger partial charge in [-0.05, 0) is 93.6 Å². The number of aliphatic hydroxyl groups is 1. The molecule has 33 heavy (non-hydrogen) atoms. The molecule has 6 nitrogen and oxygen atoms in total.